The minimum Gasteiger partial charge on any atom is -0.496 e. The first-order valence-electron chi connectivity index (χ1n) is 7.98. The lowest BCUT2D eigenvalue weighted by atomic mass is 9.96. The predicted octanol–water partition coefficient (Wildman–Crippen LogP) is 3.26. The molecule has 3 rings (SSSR count). The molecule has 0 fully saturated rings. The molecule has 2 aromatic carbocycles. The summed E-state index contributed by atoms with van der Waals surface area (Å²) >= 11 is 6.02. The number of para-hydroxylation sites is 1. The van der Waals surface area contributed by atoms with E-state index in [1.165, 1.54) is 0 Å². The number of hydrogen-bond acceptors (Lipinski definition) is 3. The summed E-state index contributed by atoms with van der Waals surface area (Å²) in [4.78, 5) is 12.4. The van der Waals surface area contributed by atoms with Gasteiger partial charge in [0.1, 0.15) is 18.1 Å². The van der Waals surface area contributed by atoms with Crippen LogP contribution in [0.25, 0.3) is 0 Å². The zero-order valence-electron chi connectivity index (χ0n) is 13.5. The number of hydrogen-bond donors (Lipinski definition) is 1. The van der Waals surface area contributed by atoms with Gasteiger partial charge >= 0.3 is 0 Å². The Morgan fingerprint density at radius 1 is 1.33 bits per heavy atom. The van der Waals surface area contributed by atoms with Gasteiger partial charge in [0.05, 0.1) is 13.0 Å². The van der Waals surface area contributed by atoms with Crippen molar-refractivity contribution >= 4 is 17.5 Å². The van der Waals surface area contributed by atoms with Crippen LogP contribution in [0.3, 0.4) is 0 Å². The van der Waals surface area contributed by atoms with Crippen molar-refractivity contribution in [3.63, 3.8) is 0 Å². The molecule has 0 saturated carbocycles. The number of fused-ring (bicyclic) bond motifs is 1. The molecule has 5 heteroatoms. The molecule has 126 valence electrons. The summed E-state index contributed by atoms with van der Waals surface area (Å²) in [5.74, 6) is 1.48. The summed E-state index contributed by atoms with van der Waals surface area (Å²) in [5.41, 5.74) is 2.07. The number of methoxy groups -OCH3 is 1. The van der Waals surface area contributed by atoms with Crippen molar-refractivity contribution in [3.8, 4) is 11.5 Å². The Hall–Kier alpha value is -2.20. The van der Waals surface area contributed by atoms with Crippen LogP contribution < -0.4 is 14.8 Å². The van der Waals surface area contributed by atoms with Gasteiger partial charge in [-0.15, -0.1) is 0 Å². The van der Waals surface area contributed by atoms with Crippen molar-refractivity contribution in [2.75, 3.05) is 20.3 Å². The van der Waals surface area contributed by atoms with Crippen LogP contribution in [-0.2, 0) is 17.6 Å². The molecular formula is C19H20ClNO3. The number of ether oxygens (including phenoxy) is 2. The molecule has 0 aromatic heterocycles. The fourth-order valence-corrected chi connectivity index (χ4v) is 3.10. The minimum absolute atomic E-state index is 0.00974. The zero-order valence-corrected chi connectivity index (χ0v) is 14.3. The van der Waals surface area contributed by atoms with Crippen LogP contribution in [0, 0.1) is 5.92 Å². The number of carbonyl (C=O) groups excluding carboxylic acids is 1. The molecule has 1 unspecified atom stereocenters. The number of rotatable bonds is 5. The molecule has 0 radical (unpaired) electrons. The van der Waals surface area contributed by atoms with Crippen molar-refractivity contribution in [1.82, 2.24) is 5.32 Å². The smallest absolute Gasteiger partial charge is 0.226 e. The summed E-state index contributed by atoms with van der Waals surface area (Å²) in [6, 6.07) is 13.4. The van der Waals surface area contributed by atoms with Crippen LogP contribution in [-0.4, -0.2) is 26.2 Å². The Morgan fingerprint density at radius 2 is 2.17 bits per heavy atom. The Bertz CT molecular complexity index is 732. The Kier molecular flexibility index (Phi) is 5.26. The van der Waals surface area contributed by atoms with Gasteiger partial charge in [0.25, 0.3) is 0 Å². The van der Waals surface area contributed by atoms with Crippen LogP contribution in [0.4, 0.5) is 0 Å². The number of nitrogens with one attached hydrogen (secondary N) is 1. The molecule has 1 atom stereocenters. The normalized spacial score (nSPS) is 16.0. The highest BCUT2D eigenvalue weighted by Gasteiger charge is 2.25. The van der Waals surface area contributed by atoms with Gasteiger partial charge in [-0.3, -0.25) is 4.79 Å². The van der Waals surface area contributed by atoms with E-state index in [1.54, 1.807) is 13.2 Å². The SMILES string of the molecule is COc1ccccc1CCNC(=O)C1COc2ccc(Cl)cc2C1. The van der Waals surface area contributed by atoms with E-state index < -0.39 is 0 Å². The van der Waals surface area contributed by atoms with Crippen molar-refractivity contribution in [2.45, 2.75) is 12.8 Å². The molecule has 24 heavy (non-hydrogen) atoms. The highest BCUT2D eigenvalue weighted by atomic mass is 35.5. The molecule has 2 aromatic rings. The first-order chi connectivity index (χ1) is 11.7. The number of halogens is 1. The van der Waals surface area contributed by atoms with Crippen LogP contribution in [0.5, 0.6) is 11.5 Å². The quantitative estimate of drug-likeness (QED) is 0.904. The predicted molar refractivity (Wildman–Crippen MR) is 93.8 cm³/mol. The maximum Gasteiger partial charge on any atom is 0.226 e. The third-order valence-corrected chi connectivity index (χ3v) is 4.42. The third-order valence-electron chi connectivity index (χ3n) is 4.19. The van der Waals surface area contributed by atoms with E-state index in [2.05, 4.69) is 5.32 Å². The van der Waals surface area contributed by atoms with E-state index in [1.807, 2.05) is 36.4 Å². The highest BCUT2D eigenvalue weighted by molar-refractivity contribution is 6.30. The molecule has 1 heterocycles. The van der Waals surface area contributed by atoms with Crippen molar-refractivity contribution in [3.05, 3.63) is 58.6 Å². The summed E-state index contributed by atoms with van der Waals surface area (Å²) in [7, 11) is 1.65. The van der Waals surface area contributed by atoms with Gasteiger partial charge < -0.3 is 14.8 Å². The topological polar surface area (TPSA) is 47.6 Å². The molecule has 0 aliphatic carbocycles. The molecule has 1 aliphatic heterocycles. The lowest BCUT2D eigenvalue weighted by molar-refractivity contribution is -0.126. The van der Waals surface area contributed by atoms with Gasteiger partial charge in [-0.05, 0) is 48.2 Å². The van der Waals surface area contributed by atoms with Crippen molar-refractivity contribution in [2.24, 2.45) is 5.92 Å². The second-order valence-corrected chi connectivity index (χ2v) is 6.25. The second-order valence-electron chi connectivity index (χ2n) is 5.82. The standard InChI is InChI=1S/C19H20ClNO3/c1-23-17-5-3-2-4-13(17)8-9-21-19(22)15-10-14-11-16(20)6-7-18(14)24-12-15/h2-7,11,15H,8-10,12H2,1H3,(H,21,22). The van der Waals surface area contributed by atoms with Gasteiger partial charge in [-0.1, -0.05) is 29.8 Å². The van der Waals surface area contributed by atoms with Crippen LogP contribution >= 0.6 is 11.6 Å². The molecule has 1 N–H and O–H groups in total. The Morgan fingerprint density at radius 3 is 3.00 bits per heavy atom. The highest BCUT2D eigenvalue weighted by Crippen LogP contribution is 2.29. The average molecular weight is 346 g/mol. The summed E-state index contributed by atoms with van der Waals surface area (Å²) in [6.45, 7) is 0.966. The van der Waals surface area contributed by atoms with E-state index in [9.17, 15) is 4.79 Å². The molecule has 0 saturated heterocycles. The summed E-state index contributed by atoms with van der Waals surface area (Å²) in [6.07, 6.45) is 1.38. The number of carbonyl (C=O) groups is 1. The van der Waals surface area contributed by atoms with Gasteiger partial charge in [0.2, 0.25) is 5.91 Å². The van der Waals surface area contributed by atoms with Gasteiger partial charge in [-0.2, -0.15) is 0 Å². The lowest BCUT2D eigenvalue weighted by Gasteiger charge is -2.24. The van der Waals surface area contributed by atoms with Gasteiger partial charge in [0, 0.05) is 11.6 Å². The maximum absolute atomic E-state index is 12.4. The minimum atomic E-state index is -0.186. The van der Waals surface area contributed by atoms with Crippen molar-refractivity contribution in [1.29, 1.82) is 0 Å². The van der Waals surface area contributed by atoms with E-state index in [0.717, 1.165) is 29.0 Å². The van der Waals surface area contributed by atoms with E-state index in [-0.39, 0.29) is 11.8 Å². The zero-order chi connectivity index (χ0) is 16.9. The largest absolute Gasteiger partial charge is 0.496 e. The molecule has 0 bridgehead atoms. The fraction of sp³-hybridized carbons (Fsp3) is 0.316. The third kappa shape index (κ3) is 3.82. The maximum atomic E-state index is 12.4. The van der Waals surface area contributed by atoms with Crippen LogP contribution in [0.2, 0.25) is 5.02 Å². The first-order valence-corrected chi connectivity index (χ1v) is 8.36. The van der Waals surface area contributed by atoms with E-state index in [4.69, 9.17) is 21.1 Å². The number of amides is 1. The summed E-state index contributed by atoms with van der Waals surface area (Å²) in [5, 5.41) is 3.65. The van der Waals surface area contributed by atoms with Crippen molar-refractivity contribution < 1.29 is 14.3 Å². The molecule has 4 nitrogen and oxygen atoms in total. The first kappa shape index (κ1) is 16.7. The van der Waals surface area contributed by atoms with Gasteiger partial charge in [0.15, 0.2) is 0 Å². The monoisotopic (exact) mass is 345 g/mol. The van der Waals surface area contributed by atoms with Crippen LogP contribution in [0.15, 0.2) is 42.5 Å². The Balaban J connectivity index is 1.54. The second kappa shape index (κ2) is 7.58. The summed E-state index contributed by atoms with van der Waals surface area (Å²) < 4.78 is 11.0. The molecular weight excluding hydrogens is 326 g/mol. The molecule has 0 spiro atoms. The van der Waals surface area contributed by atoms with E-state index in [0.29, 0.717) is 24.6 Å². The Labute approximate surface area is 146 Å². The number of benzene rings is 2. The fourth-order valence-electron chi connectivity index (χ4n) is 2.91. The molecule has 1 aliphatic rings. The van der Waals surface area contributed by atoms with E-state index >= 15 is 0 Å². The van der Waals surface area contributed by atoms with Crippen LogP contribution in [0.1, 0.15) is 11.1 Å². The van der Waals surface area contributed by atoms with Gasteiger partial charge in [-0.25, -0.2) is 0 Å². The lowest BCUT2D eigenvalue weighted by Crippen LogP contribution is -2.38. The molecule has 1 amide bonds. The average Bonchev–Trinajstić information content (AvgIpc) is 2.61.